The van der Waals surface area contributed by atoms with Gasteiger partial charge in [0, 0.05) is 23.2 Å². The second-order valence-electron chi connectivity index (χ2n) is 4.05. The number of halogens is 1. The van der Waals surface area contributed by atoms with Gasteiger partial charge in [-0.2, -0.15) is 0 Å². The zero-order valence-electron chi connectivity index (χ0n) is 9.93. The van der Waals surface area contributed by atoms with E-state index in [1.807, 2.05) is 12.1 Å². The molecule has 2 aromatic carbocycles. The van der Waals surface area contributed by atoms with Gasteiger partial charge in [-0.15, -0.1) is 0 Å². The van der Waals surface area contributed by atoms with Gasteiger partial charge >= 0.3 is 0 Å². The van der Waals surface area contributed by atoms with Gasteiger partial charge in [0.1, 0.15) is 11.5 Å². The van der Waals surface area contributed by atoms with E-state index < -0.39 is 0 Å². The van der Waals surface area contributed by atoms with Crippen molar-refractivity contribution in [3.63, 3.8) is 0 Å². The molecule has 0 heterocycles. The smallest absolute Gasteiger partial charge is 0.251 e. The predicted molar refractivity (Wildman–Crippen MR) is 72.4 cm³/mol. The minimum atomic E-state index is -0.374. The molecule has 0 aliphatic rings. The molecule has 2 rings (SSSR count). The molecular weight excluding hydrogens is 266 g/mol. The van der Waals surface area contributed by atoms with E-state index in [1.54, 1.807) is 12.1 Å². The third kappa shape index (κ3) is 3.63. The Morgan fingerprint density at radius 1 is 1.05 bits per heavy atom. The number of hydrogen-bond acceptors (Lipinski definition) is 3. The number of nitrogens with one attached hydrogen (secondary N) is 1. The fourth-order valence-electron chi connectivity index (χ4n) is 1.61. The normalized spacial score (nSPS) is 10.2. The van der Waals surface area contributed by atoms with E-state index in [9.17, 15) is 15.0 Å². The number of phenolic OH excluding ortho intramolecular Hbond substituents is 2. The van der Waals surface area contributed by atoms with Gasteiger partial charge in [0.05, 0.1) is 0 Å². The van der Waals surface area contributed by atoms with Crippen LogP contribution >= 0.6 is 11.6 Å². The van der Waals surface area contributed by atoms with E-state index in [2.05, 4.69) is 5.32 Å². The molecule has 0 unspecified atom stereocenters. The van der Waals surface area contributed by atoms with Crippen LogP contribution in [0.2, 0.25) is 5.02 Å². The van der Waals surface area contributed by atoms with Gasteiger partial charge in [-0.3, -0.25) is 4.79 Å². The van der Waals surface area contributed by atoms with Crippen LogP contribution in [0.1, 0.15) is 15.9 Å². The van der Waals surface area contributed by atoms with E-state index in [0.717, 1.165) is 11.6 Å². The molecule has 3 N–H and O–H groups in total. The SMILES string of the molecule is O=C(NCc1ccc(Cl)cc1)c1cc(O)cc(O)c1. The van der Waals surface area contributed by atoms with E-state index in [-0.39, 0.29) is 23.0 Å². The quantitative estimate of drug-likeness (QED) is 0.808. The Labute approximate surface area is 115 Å². The summed E-state index contributed by atoms with van der Waals surface area (Å²) in [5.74, 6) is -0.686. The lowest BCUT2D eigenvalue weighted by Crippen LogP contribution is -2.22. The van der Waals surface area contributed by atoms with Crippen LogP contribution in [0.3, 0.4) is 0 Å². The first-order valence-electron chi connectivity index (χ1n) is 5.60. The molecule has 19 heavy (non-hydrogen) atoms. The highest BCUT2D eigenvalue weighted by molar-refractivity contribution is 6.30. The summed E-state index contributed by atoms with van der Waals surface area (Å²) in [5.41, 5.74) is 1.11. The predicted octanol–water partition coefficient (Wildman–Crippen LogP) is 2.68. The number of rotatable bonds is 3. The molecule has 5 heteroatoms. The maximum Gasteiger partial charge on any atom is 0.251 e. The molecule has 0 aliphatic heterocycles. The number of carbonyl (C=O) groups excluding carboxylic acids is 1. The molecule has 1 amide bonds. The van der Waals surface area contributed by atoms with E-state index in [4.69, 9.17) is 11.6 Å². The summed E-state index contributed by atoms with van der Waals surface area (Å²) in [4.78, 5) is 11.8. The molecule has 4 nitrogen and oxygen atoms in total. The Kier molecular flexibility index (Phi) is 3.92. The molecule has 0 spiro atoms. The van der Waals surface area contributed by atoms with Crippen molar-refractivity contribution in [3.8, 4) is 11.5 Å². The van der Waals surface area contributed by atoms with Crippen LogP contribution in [0.15, 0.2) is 42.5 Å². The molecule has 0 bridgehead atoms. The maximum absolute atomic E-state index is 11.8. The van der Waals surface area contributed by atoms with Crippen molar-refractivity contribution in [1.29, 1.82) is 0 Å². The van der Waals surface area contributed by atoms with Gasteiger partial charge in [0.15, 0.2) is 0 Å². The summed E-state index contributed by atoms with van der Waals surface area (Å²) < 4.78 is 0. The topological polar surface area (TPSA) is 69.6 Å². The van der Waals surface area contributed by atoms with Gasteiger partial charge in [0.25, 0.3) is 5.91 Å². The standard InChI is InChI=1S/C14H12ClNO3/c15-11-3-1-9(2-4-11)8-16-14(19)10-5-12(17)7-13(18)6-10/h1-7,17-18H,8H2,(H,16,19). The average Bonchev–Trinajstić information content (AvgIpc) is 2.36. The molecule has 0 saturated heterocycles. The summed E-state index contributed by atoms with van der Waals surface area (Å²) >= 11 is 5.76. The summed E-state index contributed by atoms with van der Waals surface area (Å²) in [6.45, 7) is 0.340. The first-order valence-corrected chi connectivity index (χ1v) is 5.98. The van der Waals surface area contributed by atoms with Crippen molar-refractivity contribution < 1.29 is 15.0 Å². The lowest BCUT2D eigenvalue weighted by molar-refractivity contribution is 0.0950. The lowest BCUT2D eigenvalue weighted by atomic mass is 10.1. The number of amides is 1. The molecule has 2 aromatic rings. The van der Waals surface area contributed by atoms with Crippen LogP contribution in [0.4, 0.5) is 0 Å². The second kappa shape index (κ2) is 5.63. The average molecular weight is 278 g/mol. The summed E-state index contributed by atoms with van der Waals surface area (Å²) in [7, 11) is 0. The highest BCUT2D eigenvalue weighted by atomic mass is 35.5. The summed E-state index contributed by atoms with van der Waals surface area (Å²) in [6, 6.07) is 10.8. The van der Waals surface area contributed by atoms with Crippen LogP contribution in [-0.2, 0) is 6.54 Å². The Hall–Kier alpha value is -2.20. The third-order valence-corrected chi connectivity index (χ3v) is 2.78. The van der Waals surface area contributed by atoms with E-state index in [1.165, 1.54) is 12.1 Å². The molecule has 0 saturated carbocycles. The minimum Gasteiger partial charge on any atom is -0.508 e. The number of phenols is 2. The Morgan fingerprint density at radius 3 is 2.21 bits per heavy atom. The largest absolute Gasteiger partial charge is 0.508 e. The maximum atomic E-state index is 11.8. The Bertz CT molecular complexity index is 576. The van der Waals surface area contributed by atoms with Crippen LogP contribution in [0.25, 0.3) is 0 Å². The van der Waals surface area contributed by atoms with Crippen LogP contribution in [0, 0.1) is 0 Å². The highest BCUT2D eigenvalue weighted by Gasteiger charge is 2.08. The Balaban J connectivity index is 2.03. The van der Waals surface area contributed by atoms with Crippen molar-refractivity contribution in [3.05, 3.63) is 58.6 Å². The minimum absolute atomic E-state index is 0.156. The molecule has 0 radical (unpaired) electrons. The third-order valence-electron chi connectivity index (χ3n) is 2.53. The number of hydrogen-bond donors (Lipinski definition) is 3. The molecule has 0 aromatic heterocycles. The van der Waals surface area contributed by atoms with Crippen molar-refractivity contribution in [1.82, 2.24) is 5.32 Å². The van der Waals surface area contributed by atoms with Gasteiger partial charge in [-0.25, -0.2) is 0 Å². The van der Waals surface area contributed by atoms with Gasteiger partial charge in [-0.05, 0) is 29.8 Å². The van der Waals surface area contributed by atoms with Crippen molar-refractivity contribution in [2.45, 2.75) is 6.54 Å². The summed E-state index contributed by atoms with van der Waals surface area (Å²) in [6.07, 6.45) is 0. The van der Waals surface area contributed by atoms with E-state index >= 15 is 0 Å². The zero-order chi connectivity index (χ0) is 13.8. The molecule has 0 fully saturated rings. The van der Waals surface area contributed by atoms with Crippen LogP contribution in [0.5, 0.6) is 11.5 Å². The van der Waals surface area contributed by atoms with Crippen molar-refractivity contribution >= 4 is 17.5 Å². The van der Waals surface area contributed by atoms with Gasteiger partial charge in [-0.1, -0.05) is 23.7 Å². The van der Waals surface area contributed by atoms with Crippen LogP contribution in [-0.4, -0.2) is 16.1 Å². The fraction of sp³-hybridized carbons (Fsp3) is 0.0714. The van der Waals surface area contributed by atoms with Gasteiger partial charge in [0.2, 0.25) is 0 Å². The highest BCUT2D eigenvalue weighted by Crippen LogP contribution is 2.20. The van der Waals surface area contributed by atoms with Gasteiger partial charge < -0.3 is 15.5 Å². The second-order valence-corrected chi connectivity index (χ2v) is 4.48. The zero-order valence-corrected chi connectivity index (χ0v) is 10.7. The molecule has 0 atom stereocenters. The first-order chi connectivity index (χ1) is 9.04. The van der Waals surface area contributed by atoms with E-state index in [0.29, 0.717) is 11.6 Å². The number of carbonyl (C=O) groups is 1. The fourth-order valence-corrected chi connectivity index (χ4v) is 1.74. The van der Waals surface area contributed by atoms with Crippen molar-refractivity contribution in [2.24, 2.45) is 0 Å². The summed E-state index contributed by atoms with van der Waals surface area (Å²) in [5, 5.41) is 21.9. The monoisotopic (exact) mass is 277 g/mol. The van der Waals surface area contributed by atoms with Crippen LogP contribution < -0.4 is 5.32 Å². The lowest BCUT2D eigenvalue weighted by Gasteiger charge is -2.06. The molecule has 98 valence electrons. The number of aromatic hydroxyl groups is 2. The molecular formula is C14H12ClNO3. The molecule has 0 aliphatic carbocycles. The number of benzene rings is 2. The van der Waals surface area contributed by atoms with Crippen molar-refractivity contribution in [2.75, 3.05) is 0 Å². The first kappa shape index (κ1) is 13.2. The Morgan fingerprint density at radius 2 is 1.63 bits per heavy atom.